The number of ether oxygens (including phenoxy) is 2. The van der Waals surface area contributed by atoms with Crippen LogP contribution in [-0.4, -0.2) is 52.9 Å². The van der Waals surface area contributed by atoms with Gasteiger partial charge in [0, 0.05) is 29.4 Å². The Labute approximate surface area is 185 Å². The zero-order valence-corrected chi connectivity index (χ0v) is 19.3. The molecule has 1 fully saturated rings. The number of aliphatic hydroxyl groups excluding tert-OH is 1. The third kappa shape index (κ3) is 4.29. The Morgan fingerprint density at radius 3 is 2.59 bits per heavy atom. The lowest BCUT2D eigenvalue weighted by molar-refractivity contribution is 0.111. The predicted octanol–water partition coefficient (Wildman–Crippen LogP) is 4.03. The van der Waals surface area contributed by atoms with Crippen LogP contribution in [0.1, 0.15) is 48.8 Å². The minimum atomic E-state index is -0.285. The number of benzene rings is 1. The summed E-state index contributed by atoms with van der Waals surface area (Å²) < 4.78 is 11.4. The number of aromatic nitrogens is 2. The number of aliphatic imine (C=N–C) groups is 1. The van der Waals surface area contributed by atoms with Crippen molar-refractivity contribution in [1.82, 2.24) is 9.97 Å². The lowest BCUT2D eigenvalue weighted by Gasteiger charge is -2.37. The first kappa shape index (κ1) is 22.1. The summed E-state index contributed by atoms with van der Waals surface area (Å²) in [6.07, 6.45) is 7.71. The van der Waals surface area contributed by atoms with Crippen molar-refractivity contribution >= 4 is 34.5 Å². The van der Waals surface area contributed by atoms with Gasteiger partial charge in [-0.15, -0.1) is 17.0 Å². The topological polar surface area (TPSA) is 76.8 Å². The molecule has 0 amide bonds. The highest BCUT2D eigenvalue weighted by Crippen LogP contribution is 2.44. The number of hydrogen-bond donors (Lipinski definition) is 1. The fraction of sp³-hybridized carbons (Fsp3) is 0.476. The fourth-order valence-electron chi connectivity index (χ4n) is 4.15. The molecule has 0 spiro atoms. The third-order valence-electron chi connectivity index (χ3n) is 5.46. The number of hydrogen-bond acceptors (Lipinski definition) is 7. The maximum Gasteiger partial charge on any atom is 0.187 e. The maximum absolute atomic E-state index is 10.3. The molecule has 1 aromatic carbocycles. The van der Waals surface area contributed by atoms with Crippen molar-refractivity contribution in [3.05, 3.63) is 41.2 Å². The van der Waals surface area contributed by atoms with E-state index in [-0.39, 0.29) is 35.0 Å². The summed E-state index contributed by atoms with van der Waals surface area (Å²) in [4.78, 5) is 13.9. The fourth-order valence-corrected chi connectivity index (χ4v) is 4.46. The van der Waals surface area contributed by atoms with Gasteiger partial charge in [0.15, 0.2) is 16.7 Å². The molecule has 4 rings (SSSR count). The van der Waals surface area contributed by atoms with Gasteiger partial charge in [-0.25, -0.2) is 9.97 Å². The highest BCUT2D eigenvalue weighted by molar-refractivity contribution is 8.93. The van der Waals surface area contributed by atoms with Crippen LogP contribution >= 0.6 is 28.7 Å². The van der Waals surface area contributed by atoms with Crippen molar-refractivity contribution in [1.29, 1.82) is 0 Å². The zero-order chi connectivity index (χ0) is 19.7. The molecular formula is C21H26BrN3O3S. The molecule has 0 radical (unpaired) electrons. The molecule has 1 aromatic heterocycles. The standard InChI is InChI=1S/C21H25N3O3S.BrH/c1-4-27-19-8-14-15-7-13(25)5-6-17(15)24-20(16(14)9-18(19)26-2)12-10-22-21(28-3)23-11-12;/h8-11,13,15,17,25H,4-7H2,1-3H3;1H/t13-,15-,17-;/m1./s1. The van der Waals surface area contributed by atoms with Gasteiger partial charge in [-0.2, -0.15) is 0 Å². The maximum atomic E-state index is 10.3. The first-order valence-corrected chi connectivity index (χ1v) is 10.8. The predicted molar refractivity (Wildman–Crippen MR) is 120 cm³/mol. The normalized spacial score (nSPS) is 22.6. The van der Waals surface area contributed by atoms with Crippen LogP contribution in [0.5, 0.6) is 11.5 Å². The Morgan fingerprint density at radius 1 is 1.17 bits per heavy atom. The molecule has 2 heterocycles. The van der Waals surface area contributed by atoms with Gasteiger partial charge >= 0.3 is 0 Å². The molecule has 1 saturated carbocycles. The molecule has 0 bridgehead atoms. The van der Waals surface area contributed by atoms with Crippen molar-refractivity contribution in [2.45, 2.75) is 49.4 Å². The number of fused-ring (bicyclic) bond motifs is 3. The van der Waals surface area contributed by atoms with E-state index in [1.165, 1.54) is 11.8 Å². The Morgan fingerprint density at radius 2 is 1.93 bits per heavy atom. The molecule has 1 aliphatic heterocycles. The molecule has 0 saturated heterocycles. The minimum absolute atomic E-state index is 0. The van der Waals surface area contributed by atoms with Gasteiger partial charge in [0.1, 0.15) is 0 Å². The molecule has 8 heteroatoms. The SMILES string of the molecule is Br.CCOc1cc2c(cc1OC)C(c1cnc(SC)nc1)=N[C@@H]1CC[C@@H](O)C[C@H]21. The average molecular weight is 480 g/mol. The van der Waals surface area contributed by atoms with Crippen LogP contribution in [0.4, 0.5) is 0 Å². The van der Waals surface area contributed by atoms with Gasteiger partial charge in [0.05, 0.1) is 31.6 Å². The molecule has 2 aliphatic rings. The Bertz CT molecular complexity index is 891. The van der Waals surface area contributed by atoms with E-state index < -0.39 is 0 Å². The molecule has 3 atom stereocenters. The zero-order valence-electron chi connectivity index (χ0n) is 16.8. The molecule has 156 valence electrons. The van der Waals surface area contributed by atoms with Gasteiger partial charge in [-0.05, 0) is 50.1 Å². The van der Waals surface area contributed by atoms with Crippen LogP contribution in [0, 0.1) is 0 Å². The van der Waals surface area contributed by atoms with Crippen molar-refractivity contribution < 1.29 is 14.6 Å². The number of aliphatic hydroxyl groups is 1. The summed E-state index contributed by atoms with van der Waals surface area (Å²) in [5, 5.41) is 11.0. The van der Waals surface area contributed by atoms with Crippen molar-refractivity contribution in [3.8, 4) is 11.5 Å². The molecule has 1 N–H and O–H groups in total. The van der Waals surface area contributed by atoms with E-state index in [4.69, 9.17) is 14.5 Å². The summed E-state index contributed by atoms with van der Waals surface area (Å²) in [6, 6.07) is 4.21. The lowest BCUT2D eigenvalue weighted by Crippen LogP contribution is -2.34. The van der Waals surface area contributed by atoms with Gasteiger partial charge < -0.3 is 14.6 Å². The van der Waals surface area contributed by atoms with E-state index in [9.17, 15) is 5.11 Å². The third-order valence-corrected chi connectivity index (χ3v) is 6.03. The van der Waals surface area contributed by atoms with Gasteiger partial charge in [-0.3, -0.25) is 4.99 Å². The van der Waals surface area contributed by atoms with Gasteiger partial charge in [0.2, 0.25) is 0 Å². The van der Waals surface area contributed by atoms with Crippen molar-refractivity contribution in [3.63, 3.8) is 0 Å². The minimum Gasteiger partial charge on any atom is -0.493 e. The van der Waals surface area contributed by atoms with E-state index in [0.29, 0.717) is 18.8 Å². The monoisotopic (exact) mass is 479 g/mol. The van der Waals surface area contributed by atoms with E-state index in [1.807, 2.05) is 31.6 Å². The van der Waals surface area contributed by atoms with Crippen LogP contribution in [-0.2, 0) is 0 Å². The molecule has 2 aromatic rings. The van der Waals surface area contributed by atoms with E-state index >= 15 is 0 Å². The highest BCUT2D eigenvalue weighted by Gasteiger charge is 2.37. The van der Waals surface area contributed by atoms with Crippen LogP contribution in [0.2, 0.25) is 0 Å². The number of halogens is 1. The Balaban J connectivity index is 0.00000240. The Kier molecular flexibility index (Phi) is 7.19. The van der Waals surface area contributed by atoms with Crippen LogP contribution in [0.15, 0.2) is 34.7 Å². The quantitative estimate of drug-likeness (QED) is 0.515. The van der Waals surface area contributed by atoms with E-state index in [1.54, 1.807) is 7.11 Å². The van der Waals surface area contributed by atoms with Crippen molar-refractivity contribution in [2.24, 2.45) is 4.99 Å². The summed E-state index contributed by atoms with van der Waals surface area (Å²) in [6.45, 7) is 2.53. The first-order chi connectivity index (χ1) is 13.6. The molecule has 1 aliphatic carbocycles. The summed E-state index contributed by atoms with van der Waals surface area (Å²) >= 11 is 1.52. The molecule has 0 unspecified atom stereocenters. The molecule has 29 heavy (non-hydrogen) atoms. The summed E-state index contributed by atoms with van der Waals surface area (Å²) in [5.74, 6) is 1.60. The molecular weight excluding hydrogens is 454 g/mol. The largest absolute Gasteiger partial charge is 0.493 e. The number of rotatable bonds is 5. The average Bonchev–Trinajstić information content (AvgIpc) is 2.73. The van der Waals surface area contributed by atoms with E-state index in [0.717, 1.165) is 46.1 Å². The van der Waals surface area contributed by atoms with Crippen LogP contribution < -0.4 is 9.47 Å². The Hall–Kier alpha value is -1.64. The summed E-state index contributed by atoms with van der Waals surface area (Å²) in [7, 11) is 1.65. The van der Waals surface area contributed by atoms with Crippen LogP contribution in [0.25, 0.3) is 0 Å². The first-order valence-electron chi connectivity index (χ1n) is 9.62. The highest BCUT2D eigenvalue weighted by atomic mass is 79.9. The number of thioether (sulfide) groups is 1. The van der Waals surface area contributed by atoms with Crippen molar-refractivity contribution in [2.75, 3.05) is 20.0 Å². The van der Waals surface area contributed by atoms with E-state index in [2.05, 4.69) is 16.0 Å². The smallest absolute Gasteiger partial charge is 0.187 e. The lowest BCUT2D eigenvalue weighted by atomic mass is 9.74. The second-order valence-corrected chi connectivity index (χ2v) is 7.87. The number of methoxy groups -OCH3 is 1. The second-order valence-electron chi connectivity index (χ2n) is 7.10. The number of nitrogens with zero attached hydrogens (tertiary/aromatic N) is 3. The second kappa shape index (κ2) is 9.45. The summed E-state index contributed by atoms with van der Waals surface area (Å²) in [5.41, 5.74) is 3.96. The molecule has 6 nitrogen and oxygen atoms in total. The van der Waals surface area contributed by atoms with Gasteiger partial charge in [-0.1, -0.05) is 11.8 Å². The van der Waals surface area contributed by atoms with Gasteiger partial charge in [0.25, 0.3) is 0 Å². The van der Waals surface area contributed by atoms with Crippen LogP contribution in [0.3, 0.4) is 0 Å².